The second-order valence-corrected chi connectivity index (χ2v) is 16.6. The summed E-state index contributed by atoms with van der Waals surface area (Å²) in [5.41, 5.74) is 2.92. The zero-order valence-electron chi connectivity index (χ0n) is 29.4. The summed E-state index contributed by atoms with van der Waals surface area (Å²) in [6.07, 6.45) is 2.57. The molecular weight excluding hydrogens is 726 g/mol. The lowest BCUT2D eigenvalue weighted by Crippen LogP contribution is -2.49. The smallest absolute Gasteiger partial charge is 0.243 e. The fourth-order valence-electron chi connectivity index (χ4n) is 6.71. The zero-order chi connectivity index (χ0) is 37.8. The van der Waals surface area contributed by atoms with Crippen LogP contribution in [0.5, 0.6) is 5.75 Å². The Hall–Kier alpha value is -3.18. The van der Waals surface area contributed by atoms with Crippen molar-refractivity contribution in [3.05, 3.63) is 77.1 Å². The van der Waals surface area contributed by atoms with Crippen molar-refractivity contribution in [3.8, 4) is 16.9 Å². The van der Waals surface area contributed by atoms with Crippen LogP contribution in [0.4, 0.5) is 0 Å². The van der Waals surface area contributed by atoms with E-state index in [1.165, 1.54) is 10.4 Å². The first-order chi connectivity index (χ1) is 25.4. The minimum absolute atomic E-state index is 0.109. The van der Waals surface area contributed by atoms with Crippen LogP contribution >= 0.6 is 11.6 Å². The highest BCUT2D eigenvalue weighted by molar-refractivity contribution is 7.89. The maximum Gasteiger partial charge on any atom is 0.243 e. The number of hydrogen-bond acceptors (Lipinski definition) is 11. The van der Waals surface area contributed by atoms with Gasteiger partial charge in [0.25, 0.3) is 0 Å². The van der Waals surface area contributed by atoms with Gasteiger partial charge >= 0.3 is 0 Å². The number of para-hydroxylation sites is 1. The van der Waals surface area contributed by atoms with Crippen LogP contribution in [-0.4, -0.2) is 106 Å². The van der Waals surface area contributed by atoms with E-state index in [9.17, 15) is 33.6 Å². The van der Waals surface area contributed by atoms with E-state index >= 15 is 0 Å². The number of aliphatic hydroxyl groups is 5. The van der Waals surface area contributed by atoms with Crippen LogP contribution in [-0.2, 0) is 31.8 Å². The van der Waals surface area contributed by atoms with Crippen LogP contribution in [0.3, 0.4) is 0 Å². The van der Waals surface area contributed by atoms with Crippen molar-refractivity contribution >= 4 is 27.5 Å². The number of pyridine rings is 1. The van der Waals surface area contributed by atoms with Gasteiger partial charge in [0, 0.05) is 54.6 Å². The highest BCUT2D eigenvalue weighted by atomic mass is 35.5. The molecule has 3 fully saturated rings. The minimum atomic E-state index is -3.83. The number of aromatic nitrogens is 1. The fourth-order valence-corrected chi connectivity index (χ4v) is 8.40. The molecule has 0 radical (unpaired) electrons. The van der Waals surface area contributed by atoms with E-state index in [4.69, 9.17) is 26.2 Å². The number of rotatable bonds is 18. The maximum atomic E-state index is 13.8. The average Bonchev–Trinajstić information content (AvgIpc) is 4.13. The van der Waals surface area contributed by atoms with Gasteiger partial charge in [0.1, 0.15) is 24.1 Å². The third kappa shape index (κ3) is 9.56. The Morgan fingerprint density at radius 1 is 0.981 bits per heavy atom. The largest absolute Gasteiger partial charge is 0.490 e. The normalized spacial score (nSPS) is 20.0. The van der Waals surface area contributed by atoms with Crippen LogP contribution in [0.2, 0.25) is 5.02 Å². The maximum absolute atomic E-state index is 13.8. The Morgan fingerprint density at radius 2 is 1.70 bits per heavy atom. The molecular formula is C38H48ClN3O10S. The molecule has 2 saturated carbocycles. The molecule has 3 aromatic rings. The molecule has 2 aromatic carbocycles. The van der Waals surface area contributed by atoms with Crippen molar-refractivity contribution in [2.45, 2.75) is 99.0 Å². The van der Waals surface area contributed by atoms with Crippen LogP contribution in [0, 0.1) is 5.92 Å². The Bertz CT molecular complexity index is 1830. The SMILES string of the molecule is O=C(CCC1CCN(S(=O)(=O)c2ccc(Cl)c(COC3(c4cnccc4-c4ccccc4OC4CC4)CC3)c2)CC1)NCC(O)C(O)C(O)C(O)CO. The number of sulfonamides is 1. The van der Waals surface area contributed by atoms with E-state index in [0.29, 0.717) is 29.8 Å². The fraction of sp³-hybridized carbons (Fsp3) is 0.526. The number of amides is 1. The predicted octanol–water partition coefficient (Wildman–Crippen LogP) is 2.88. The second kappa shape index (κ2) is 17.1. The van der Waals surface area contributed by atoms with Gasteiger partial charge in [0.05, 0.1) is 35.9 Å². The highest BCUT2D eigenvalue weighted by Gasteiger charge is 2.48. The molecule has 4 atom stereocenters. The molecule has 4 unspecified atom stereocenters. The number of carbonyl (C=O) groups is 1. The minimum Gasteiger partial charge on any atom is -0.490 e. The Balaban J connectivity index is 1.02. The number of halogens is 1. The standard InChI is InChI=1S/C38H48ClN3O10S/c39-31-9-8-27(53(49,50)42-17-12-24(13-18-42)5-10-35(46)41-21-32(44)36(47)37(48)33(45)22-43)19-25(31)23-51-38(14-15-38)30-20-40-16-11-28(30)29-3-1-2-4-34(29)52-26-6-7-26/h1-4,8-9,11,16,19-20,24,26,32-33,36-37,43-45,47-48H,5-7,10,12-15,17-18,21-23H2,(H,41,46). The molecule has 0 bridgehead atoms. The van der Waals surface area contributed by atoms with Gasteiger partial charge in [0.15, 0.2) is 0 Å². The molecule has 53 heavy (non-hydrogen) atoms. The van der Waals surface area contributed by atoms with Crippen LogP contribution < -0.4 is 10.1 Å². The summed E-state index contributed by atoms with van der Waals surface area (Å²) in [6, 6.07) is 14.6. The number of aliphatic hydroxyl groups excluding tert-OH is 5. The lowest BCUT2D eigenvalue weighted by atomic mass is 9.93. The first kappa shape index (κ1) is 39.5. The van der Waals surface area contributed by atoms with Crippen molar-refractivity contribution in [2.24, 2.45) is 5.92 Å². The average molecular weight is 774 g/mol. The van der Waals surface area contributed by atoms with Gasteiger partial charge < -0.3 is 40.3 Å². The van der Waals surface area contributed by atoms with Crippen molar-refractivity contribution in [1.29, 1.82) is 0 Å². The highest BCUT2D eigenvalue weighted by Crippen LogP contribution is 2.53. The quantitative estimate of drug-likeness (QED) is 0.111. The van der Waals surface area contributed by atoms with Crippen molar-refractivity contribution in [2.75, 3.05) is 26.2 Å². The van der Waals surface area contributed by atoms with E-state index in [2.05, 4.69) is 10.3 Å². The molecule has 1 aromatic heterocycles. The molecule has 1 aliphatic heterocycles. The van der Waals surface area contributed by atoms with E-state index < -0.39 is 46.6 Å². The van der Waals surface area contributed by atoms with E-state index in [0.717, 1.165) is 48.1 Å². The molecule has 288 valence electrons. The first-order valence-corrected chi connectivity index (χ1v) is 20.0. The summed E-state index contributed by atoms with van der Waals surface area (Å²) in [7, 11) is -3.83. The second-order valence-electron chi connectivity index (χ2n) is 14.3. The molecule has 15 heteroatoms. The van der Waals surface area contributed by atoms with Crippen LogP contribution in [0.15, 0.2) is 65.8 Å². The van der Waals surface area contributed by atoms with Crippen molar-refractivity contribution < 1.29 is 48.2 Å². The number of benzene rings is 2. The third-order valence-corrected chi connectivity index (χ3v) is 12.6. The first-order valence-electron chi connectivity index (χ1n) is 18.1. The lowest BCUT2D eigenvalue weighted by molar-refractivity contribution is -0.126. The zero-order valence-corrected chi connectivity index (χ0v) is 31.0. The molecule has 6 rings (SSSR count). The summed E-state index contributed by atoms with van der Waals surface area (Å²) in [5.74, 6) is 0.565. The Labute approximate surface area is 314 Å². The van der Waals surface area contributed by atoms with Crippen molar-refractivity contribution in [1.82, 2.24) is 14.6 Å². The lowest BCUT2D eigenvalue weighted by Gasteiger charge is -2.31. The van der Waals surface area contributed by atoms with Gasteiger partial charge in [-0.3, -0.25) is 9.78 Å². The summed E-state index contributed by atoms with van der Waals surface area (Å²) in [6.45, 7) is -0.455. The number of hydrogen-bond donors (Lipinski definition) is 6. The van der Waals surface area contributed by atoms with Gasteiger partial charge in [-0.05, 0) is 92.3 Å². The number of piperidine rings is 1. The molecule has 0 spiro atoms. The molecule has 3 aliphatic rings. The monoisotopic (exact) mass is 773 g/mol. The van der Waals surface area contributed by atoms with Gasteiger partial charge in [0.2, 0.25) is 15.9 Å². The van der Waals surface area contributed by atoms with Gasteiger partial charge in [-0.15, -0.1) is 0 Å². The molecule has 2 heterocycles. The van der Waals surface area contributed by atoms with Crippen LogP contribution in [0.25, 0.3) is 11.1 Å². The topological polar surface area (TPSA) is 199 Å². The Morgan fingerprint density at radius 3 is 2.40 bits per heavy atom. The summed E-state index contributed by atoms with van der Waals surface area (Å²) >= 11 is 6.59. The van der Waals surface area contributed by atoms with E-state index in [1.54, 1.807) is 18.3 Å². The number of ether oxygens (including phenoxy) is 2. The number of nitrogens with one attached hydrogen (secondary N) is 1. The van der Waals surface area contributed by atoms with Gasteiger partial charge in [-0.25, -0.2) is 8.42 Å². The summed E-state index contributed by atoms with van der Waals surface area (Å²) < 4.78 is 41.7. The van der Waals surface area contributed by atoms with E-state index in [1.807, 2.05) is 36.5 Å². The molecule has 2 aliphatic carbocycles. The molecule has 1 amide bonds. The summed E-state index contributed by atoms with van der Waals surface area (Å²) in [5, 5.41) is 50.9. The molecule has 6 N–H and O–H groups in total. The number of carbonyl (C=O) groups excluding carboxylic acids is 1. The molecule has 1 saturated heterocycles. The van der Waals surface area contributed by atoms with E-state index in [-0.39, 0.29) is 55.5 Å². The number of nitrogens with zero attached hydrogens (tertiary/aromatic N) is 2. The third-order valence-electron chi connectivity index (χ3n) is 10.4. The summed E-state index contributed by atoms with van der Waals surface area (Å²) in [4.78, 5) is 16.9. The van der Waals surface area contributed by atoms with Gasteiger partial charge in [-0.1, -0.05) is 29.8 Å². The van der Waals surface area contributed by atoms with Crippen molar-refractivity contribution in [3.63, 3.8) is 0 Å². The Kier molecular flexibility index (Phi) is 12.7. The predicted molar refractivity (Wildman–Crippen MR) is 195 cm³/mol. The van der Waals surface area contributed by atoms with Gasteiger partial charge in [-0.2, -0.15) is 4.31 Å². The molecule has 13 nitrogen and oxygen atoms in total. The van der Waals surface area contributed by atoms with Crippen LogP contribution in [0.1, 0.15) is 62.5 Å².